The number of thioether (sulfide) groups is 1. The number of aromatic nitrogens is 1. The van der Waals surface area contributed by atoms with Crippen molar-refractivity contribution >= 4 is 17.7 Å². The fraction of sp³-hybridized carbons (Fsp3) is 0.458. The number of hydrogen-bond donors (Lipinski definition) is 0. The molecule has 0 fully saturated rings. The molecule has 0 saturated carbocycles. The lowest BCUT2D eigenvalue weighted by molar-refractivity contribution is -0.129. The lowest BCUT2D eigenvalue weighted by Crippen LogP contribution is -2.37. The molecule has 2 heterocycles. The molecule has 4 rings (SSSR count). The Labute approximate surface area is 187 Å². The molecular formula is C24H27N3O3S. The molecule has 0 unspecified atom stereocenters. The van der Waals surface area contributed by atoms with Crippen LogP contribution < -0.4 is 9.47 Å². The maximum atomic E-state index is 12.9. The van der Waals surface area contributed by atoms with E-state index in [2.05, 4.69) is 6.07 Å². The lowest BCUT2D eigenvalue weighted by Gasteiger charge is -2.29. The minimum Gasteiger partial charge on any atom is -0.493 e. The third-order valence-electron chi connectivity index (χ3n) is 6.04. The fourth-order valence-corrected chi connectivity index (χ4v) is 5.18. The molecule has 162 valence electrons. The third-order valence-corrected chi connectivity index (χ3v) is 7.02. The largest absolute Gasteiger partial charge is 0.493 e. The predicted octanol–water partition coefficient (Wildman–Crippen LogP) is 3.92. The number of benzene rings is 1. The molecule has 1 aliphatic heterocycles. The average molecular weight is 438 g/mol. The van der Waals surface area contributed by atoms with Crippen molar-refractivity contribution in [3.8, 4) is 17.6 Å². The van der Waals surface area contributed by atoms with Gasteiger partial charge in [-0.1, -0.05) is 18.2 Å². The van der Waals surface area contributed by atoms with E-state index < -0.39 is 0 Å². The summed E-state index contributed by atoms with van der Waals surface area (Å²) in [7, 11) is 3.25. The minimum absolute atomic E-state index is 0.0612. The van der Waals surface area contributed by atoms with Crippen molar-refractivity contribution in [2.75, 3.05) is 26.5 Å². The van der Waals surface area contributed by atoms with Gasteiger partial charge in [-0.2, -0.15) is 5.26 Å². The first kappa shape index (κ1) is 21.5. The van der Waals surface area contributed by atoms with Gasteiger partial charge < -0.3 is 14.4 Å². The number of ether oxygens (including phenoxy) is 2. The average Bonchev–Trinajstić information content (AvgIpc) is 3.05. The van der Waals surface area contributed by atoms with E-state index in [1.54, 1.807) is 14.2 Å². The summed E-state index contributed by atoms with van der Waals surface area (Å²) < 4.78 is 10.8. The maximum absolute atomic E-state index is 12.9. The number of methoxy groups -OCH3 is 2. The van der Waals surface area contributed by atoms with E-state index in [1.165, 1.54) is 29.3 Å². The van der Waals surface area contributed by atoms with Crippen molar-refractivity contribution in [3.05, 3.63) is 46.1 Å². The van der Waals surface area contributed by atoms with E-state index in [9.17, 15) is 10.1 Å². The van der Waals surface area contributed by atoms with Gasteiger partial charge in [0.15, 0.2) is 11.5 Å². The maximum Gasteiger partial charge on any atom is 0.233 e. The van der Waals surface area contributed by atoms with Gasteiger partial charge in [-0.25, -0.2) is 4.98 Å². The van der Waals surface area contributed by atoms with Gasteiger partial charge in [0, 0.05) is 18.8 Å². The van der Waals surface area contributed by atoms with Crippen LogP contribution >= 0.6 is 11.8 Å². The van der Waals surface area contributed by atoms with Gasteiger partial charge >= 0.3 is 0 Å². The molecule has 0 spiro atoms. The van der Waals surface area contributed by atoms with Crippen molar-refractivity contribution in [2.24, 2.45) is 0 Å². The number of nitriles is 1. The Morgan fingerprint density at radius 2 is 1.81 bits per heavy atom. The van der Waals surface area contributed by atoms with Crippen LogP contribution in [-0.4, -0.2) is 42.3 Å². The summed E-state index contributed by atoms with van der Waals surface area (Å²) in [5.41, 5.74) is 5.15. The number of pyridine rings is 1. The lowest BCUT2D eigenvalue weighted by atomic mass is 9.99. The van der Waals surface area contributed by atoms with Crippen LogP contribution in [0.3, 0.4) is 0 Å². The van der Waals surface area contributed by atoms with Crippen LogP contribution in [-0.2, 0) is 30.6 Å². The van der Waals surface area contributed by atoms with Gasteiger partial charge in [0.2, 0.25) is 5.91 Å². The topological polar surface area (TPSA) is 75.5 Å². The molecule has 2 aliphatic rings. The van der Waals surface area contributed by atoms with Crippen LogP contribution in [0.1, 0.15) is 47.2 Å². The zero-order chi connectivity index (χ0) is 21.8. The first-order valence-corrected chi connectivity index (χ1v) is 11.7. The Morgan fingerprint density at radius 1 is 1.06 bits per heavy atom. The van der Waals surface area contributed by atoms with Crippen LogP contribution in [0.2, 0.25) is 0 Å². The van der Waals surface area contributed by atoms with E-state index in [0.717, 1.165) is 49.1 Å². The van der Waals surface area contributed by atoms with Gasteiger partial charge in [-0.3, -0.25) is 4.79 Å². The Bertz CT molecular complexity index is 1030. The highest BCUT2D eigenvalue weighted by molar-refractivity contribution is 8.00. The van der Waals surface area contributed by atoms with E-state index in [0.29, 0.717) is 29.4 Å². The fourth-order valence-electron chi connectivity index (χ4n) is 4.30. The molecule has 1 aliphatic carbocycles. The molecule has 0 bridgehead atoms. The molecule has 1 aromatic carbocycles. The smallest absolute Gasteiger partial charge is 0.233 e. The Kier molecular flexibility index (Phi) is 6.67. The van der Waals surface area contributed by atoms with Crippen LogP contribution in [0.25, 0.3) is 0 Å². The van der Waals surface area contributed by atoms with Crippen molar-refractivity contribution in [2.45, 2.75) is 50.1 Å². The molecule has 6 nitrogen and oxygen atoms in total. The predicted molar refractivity (Wildman–Crippen MR) is 120 cm³/mol. The number of carbonyl (C=O) groups is 1. The highest BCUT2D eigenvalue weighted by Gasteiger charge is 2.24. The zero-order valence-electron chi connectivity index (χ0n) is 18.1. The molecular weight excluding hydrogens is 410 g/mol. The number of rotatable bonds is 5. The summed E-state index contributed by atoms with van der Waals surface area (Å²) >= 11 is 1.38. The Morgan fingerprint density at radius 3 is 2.55 bits per heavy atom. The number of nitrogens with zero attached hydrogens (tertiary/aromatic N) is 3. The molecule has 0 N–H and O–H groups in total. The molecule has 1 amide bonds. The Hall–Kier alpha value is -2.72. The SMILES string of the molecule is COc1cc2c(cc1OC)CN(C(=O)CSc1nc3c(cc1C#N)CCCCC3)CC2. The molecule has 1 aromatic heterocycles. The van der Waals surface area contributed by atoms with E-state index in [4.69, 9.17) is 14.5 Å². The Balaban J connectivity index is 1.45. The highest BCUT2D eigenvalue weighted by Crippen LogP contribution is 2.34. The normalized spacial score (nSPS) is 15.3. The summed E-state index contributed by atoms with van der Waals surface area (Å²) in [5.74, 6) is 1.74. The van der Waals surface area contributed by atoms with E-state index in [1.807, 2.05) is 23.1 Å². The summed E-state index contributed by atoms with van der Waals surface area (Å²) in [5, 5.41) is 10.3. The first-order valence-electron chi connectivity index (χ1n) is 10.7. The molecule has 0 saturated heterocycles. The van der Waals surface area contributed by atoms with Gasteiger partial charge in [-0.15, -0.1) is 0 Å². The van der Waals surface area contributed by atoms with Crippen molar-refractivity contribution < 1.29 is 14.3 Å². The van der Waals surface area contributed by atoms with Crippen molar-refractivity contribution in [3.63, 3.8) is 0 Å². The third kappa shape index (κ3) is 4.64. The number of aryl methyl sites for hydroxylation is 2. The van der Waals surface area contributed by atoms with Crippen LogP contribution in [0, 0.1) is 11.3 Å². The monoisotopic (exact) mass is 437 g/mol. The summed E-state index contributed by atoms with van der Waals surface area (Å²) in [6.45, 7) is 1.22. The first-order chi connectivity index (χ1) is 15.1. The highest BCUT2D eigenvalue weighted by atomic mass is 32.2. The molecule has 2 aromatic rings. The number of carbonyl (C=O) groups excluding carboxylic acids is 1. The van der Waals surface area contributed by atoms with Crippen LogP contribution in [0.5, 0.6) is 11.5 Å². The second-order valence-electron chi connectivity index (χ2n) is 7.95. The summed E-state index contributed by atoms with van der Waals surface area (Å²) in [6.07, 6.45) is 6.21. The van der Waals surface area contributed by atoms with Crippen LogP contribution in [0.4, 0.5) is 0 Å². The quantitative estimate of drug-likeness (QED) is 0.521. The van der Waals surface area contributed by atoms with Gasteiger partial charge in [0.1, 0.15) is 11.1 Å². The van der Waals surface area contributed by atoms with Crippen molar-refractivity contribution in [1.82, 2.24) is 9.88 Å². The summed E-state index contributed by atoms with van der Waals surface area (Å²) in [6, 6.07) is 8.22. The van der Waals surface area contributed by atoms with Crippen LogP contribution in [0.15, 0.2) is 23.2 Å². The number of fused-ring (bicyclic) bond motifs is 2. The standard InChI is InChI=1S/C24H27N3O3S/c1-29-21-11-16-8-9-27(14-19(16)12-22(21)30-2)23(28)15-31-24-18(13-25)10-17-6-4-3-5-7-20(17)26-24/h10-12H,3-9,14-15H2,1-2H3. The number of hydrogen-bond acceptors (Lipinski definition) is 6. The molecule has 0 radical (unpaired) electrons. The van der Waals surface area contributed by atoms with Gasteiger partial charge in [-0.05, 0) is 67.0 Å². The second-order valence-corrected chi connectivity index (χ2v) is 8.91. The van der Waals surface area contributed by atoms with E-state index >= 15 is 0 Å². The minimum atomic E-state index is 0.0612. The zero-order valence-corrected chi connectivity index (χ0v) is 18.9. The van der Waals surface area contributed by atoms with E-state index in [-0.39, 0.29) is 11.7 Å². The molecule has 7 heteroatoms. The van der Waals surface area contributed by atoms with Crippen molar-refractivity contribution in [1.29, 1.82) is 5.26 Å². The second kappa shape index (κ2) is 9.61. The number of amides is 1. The molecule has 0 atom stereocenters. The van der Waals surface area contributed by atoms with Gasteiger partial charge in [0.05, 0.1) is 25.5 Å². The molecule has 31 heavy (non-hydrogen) atoms. The van der Waals surface area contributed by atoms with Gasteiger partial charge in [0.25, 0.3) is 0 Å². The summed E-state index contributed by atoms with van der Waals surface area (Å²) in [4.78, 5) is 19.6.